The quantitative estimate of drug-likeness (QED) is 0.468. The molecule has 0 radical (unpaired) electrons. The lowest BCUT2D eigenvalue weighted by atomic mass is 10.1. The maximum absolute atomic E-state index is 12.6. The van der Waals surface area contributed by atoms with Gasteiger partial charge in [-0.1, -0.05) is 15.9 Å². The summed E-state index contributed by atoms with van der Waals surface area (Å²) in [5.41, 5.74) is 0.217. The molecule has 0 saturated carbocycles. The largest absolute Gasteiger partial charge is 0.293 e. The summed E-state index contributed by atoms with van der Waals surface area (Å²) in [7, 11) is 0. The van der Waals surface area contributed by atoms with E-state index in [-0.39, 0.29) is 16.2 Å². The van der Waals surface area contributed by atoms with E-state index in [9.17, 15) is 13.6 Å². The molecule has 0 aliphatic carbocycles. The third kappa shape index (κ3) is 3.28. The summed E-state index contributed by atoms with van der Waals surface area (Å²) in [6.45, 7) is 1.68. The van der Waals surface area contributed by atoms with Crippen LogP contribution in [-0.2, 0) is 0 Å². The maximum Gasteiger partial charge on any atom is 0.263 e. The molecule has 5 heteroatoms. The molecule has 0 fully saturated rings. The molecule has 0 spiro atoms. The van der Waals surface area contributed by atoms with Crippen LogP contribution in [0.3, 0.4) is 0 Å². The zero-order chi connectivity index (χ0) is 12.3. The summed E-state index contributed by atoms with van der Waals surface area (Å²) in [6, 6.07) is 4.30. The molecular weight excluding hydrogens is 298 g/mol. The van der Waals surface area contributed by atoms with Crippen LogP contribution < -0.4 is 0 Å². The van der Waals surface area contributed by atoms with Crippen molar-refractivity contribution in [2.24, 2.45) is 0 Å². The van der Waals surface area contributed by atoms with Crippen LogP contribution in [0, 0.1) is 0 Å². The van der Waals surface area contributed by atoms with E-state index < -0.39 is 6.43 Å². The van der Waals surface area contributed by atoms with Crippen LogP contribution in [0.4, 0.5) is 8.78 Å². The average molecular weight is 309 g/mol. The summed E-state index contributed by atoms with van der Waals surface area (Å²) in [4.78, 5) is 12.0. The van der Waals surface area contributed by atoms with Crippen molar-refractivity contribution in [2.45, 2.75) is 23.1 Å². The number of ketones is 1. The van der Waals surface area contributed by atoms with E-state index in [1.165, 1.54) is 23.9 Å². The second kappa shape index (κ2) is 5.77. The molecule has 1 unspecified atom stereocenters. The van der Waals surface area contributed by atoms with Gasteiger partial charge in [-0.3, -0.25) is 4.79 Å². The predicted octanol–water partition coefficient (Wildman–Crippen LogP) is 4.31. The Balaban J connectivity index is 3.19. The summed E-state index contributed by atoms with van der Waals surface area (Å²) < 4.78 is 25.2. The molecule has 16 heavy (non-hydrogen) atoms. The molecule has 1 aromatic carbocycles. The standard InChI is InChI=1S/C11H11BrF2OS/c1-6(12)10(15)7-3-8(11(13)14)5-9(4-7)16-2/h3-6,11H,1-2H3. The zero-order valence-electron chi connectivity index (χ0n) is 8.84. The average Bonchev–Trinajstić information content (AvgIpc) is 2.27. The van der Waals surface area contributed by atoms with Crippen molar-refractivity contribution in [3.63, 3.8) is 0 Å². The molecule has 0 amide bonds. The minimum Gasteiger partial charge on any atom is -0.293 e. The summed E-state index contributed by atoms with van der Waals surface area (Å²) >= 11 is 4.48. The summed E-state index contributed by atoms with van der Waals surface area (Å²) in [5.74, 6) is -0.183. The first kappa shape index (κ1) is 13.6. The van der Waals surface area contributed by atoms with Crippen molar-refractivity contribution in [1.29, 1.82) is 0 Å². The van der Waals surface area contributed by atoms with E-state index in [2.05, 4.69) is 15.9 Å². The molecule has 88 valence electrons. The van der Waals surface area contributed by atoms with E-state index >= 15 is 0 Å². The van der Waals surface area contributed by atoms with Gasteiger partial charge in [-0.2, -0.15) is 0 Å². The Morgan fingerprint density at radius 2 is 2.00 bits per heavy atom. The third-order valence-electron chi connectivity index (χ3n) is 2.06. The van der Waals surface area contributed by atoms with Crippen molar-refractivity contribution in [2.75, 3.05) is 6.26 Å². The minimum absolute atomic E-state index is 0.108. The number of hydrogen-bond donors (Lipinski definition) is 0. The number of hydrogen-bond acceptors (Lipinski definition) is 2. The van der Waals surface area contributed by atoms with Crippen molar-refractivity contribution in [3.05, 3.63) is 29.3 Å². The van der Waals surface area contributed by atoms with Crippen LogP contribution in [0.15, 0.2) is 23.1 Å². The highest BCUT2D eigenvalue weighted by Gasteiger charge is 2.16. The monoisotopic (exact) mass is 308 g/mol. The Morgan fingerprint density at radius 1 is 1.38 bits per heavy atom. The van der Waals surface area contributed by atoms with E-state index in [1.807, 2.05) is 0 Å². The minimum atomic E-state index is -2.55. The first-order valence-electron chi connectivity index (χ1n) is 4.61. The van der Waals surface area contributed by atoms with Gasteiger partial charge in [0.1, 0.15) is 0 Å². The first-order valence-corrected chi connectivity index (χ1v) is 6.75. The molecule has 0 aliphatic rings. The van der Waals surface area contributed by atoms with E-state index in [4.69, 9.17) is 0 Å². The fourth-order valence-electron chi connectivity index (χ4n) is 1.24. The first-order chi connectivity index (χ1) is 7.45. The molecule has 0 heterocycles. The van der Waals surface area contributed by atoms with E-state index in [0.29, 0.717) is 10.5 Å². The molecule has 0 saturated heterocycles. The number of carbonyl (C=O) groups excluding carboxylic acids is 1. The van der Waals surface area contributed by atoms with Crippen LogP contribution >= 0.6 is 27.7 Å². The van der Waals surface area contributed by atoms with Crippen molar-refractivity contribution in [3.8, 4) is 0 Å². The van der Waals surface area contributed by atoms with Gasteiger partial charge in [0.25, 0.3) is 6.43 Å². The lowest BCUT2D eigenvalue weighted by molar-refractivity contribution is 0.0995. The normalized spacial score (nSPS) is 12.9. The van der Waals surface area contributed by atoms with Crippen molar-refractivity contribution in [1.82, 2.24) is 0 Å². The summed E-state index contributed by atoms with van der Waals surface area (Å²) in [5, 5.41) is 0. The number of benzene rings is 1. The molecule has 1 atom stereocenters. The number of Topliss-reactive ketones (excluding diaryl/α,β-unsaturated/α-hetero) is 1. The van der Waals surface area contributed by atoms with Crippen LogP contribution in [0.1, 0.15) is 29.3 Å². The number of halogens is 3. The SMILES string of the molecule is CSc1cc(C(=O)C(C)Br)cc(C(F)F)c1. The van der Waals surface area contributed by atoms with Crippen LogP contribution in [0.2, 0.25) is 0 Å². The maximum atomic E-state index is 12.6. The molecular formula is C11H11BrF2OS. The Kier molecular flexibility index (Phi) is 4.92. The Morgan fingerprint density at radius 3 is 2.44 bits per heavy atom. The molecule has 1 rings (SSSR count). The lowest BCUT2D eigenvalue weighted by Crippen LogP contribution is -2.10. The van der Waals surface area contributed by atoms with Gasteiger partial charge in [-0.15, -0.1) is 11.8 Å². The Hall–Kier alpha value is -0.420. The van der Waals surface area contributed by atoms with E-state index in [1.54, 1.807) is 19.2 Å². The Labute approximate surface area is 106 Å². The van der Waals surface area contributed by atoms with Gasteiger partial charge < -0.3 is 0 Å². The highest BCUT2D eigenvalue weighted by atomic mass is 79.9. The lowest BCUT2D eigenvalue weighted by Gasteiger charge is -2.08. The molecule has 0 aliphatic heterocycles. The van der Waals surface area contributed by atoms with Crippen LogP contribution in [0.5, 0.6) is 0 Å². The summed E-state index contributed by atoms with van der Waals surface area (Å²) in [6.07, 6.45) is -0.763. The fraction of sp³-hybridized carbons (Fsp3) is 0.364. The van der Waals surface area contributed by atoms with Crippen molar-refractivity contribution >= 4 is 33.5 Å². The topological polar surface area (TPSA) is 17.1 Å². The predicted molar refractivity (Wildman–Crippen MR) is 65.9 cm³/mol. The second-order valence-electron chi connectivity index (χ2n) is 3.28. The molecule has 1 aromatic rings. The Bertz CT molecular complexity index is 394. The molecule has 0 bridgehead atoms. The fourth-order valence-corrected chi connectivity index (χ4v) is 2.00. The number of alkyl halides is 3. The van der Waals surface area contributed by atoms with E-state index in [0.717, 1.165) is 0 Å². The highest BCUT2D eigenvalue weighted by molar-refractivity contribution is 9.10. The zero-order valence-corrected chi connectivity index (χ0v) is 11.2. The van der Waals surface area contributed by atoms with Crippen LogP contribution in [-0.4, -0.2) is 16.9 Å². The van der Waals surface area contributed by atoms with Crippen LogP contribution in [0.25, 0.3) is 0 Å². The van der Waals surface area contributed by atoms with Gasteiger partial charge in [0.15, 0.2) is 5.78 Å². The van der Waals surface area contributed by atoms with Gasteiger partial charge in [0.05, 0.1) is 4.83 Å². The van der Waals surface area contributed by atoms with Crippen molar-refractivity contribution < 1.29 is 13.6 Å². The van der Waals surface area contributed by atoms with Gasteiger partial charge in [-0.05, 0) is 31.4 Å². The number of carbonyl (C=O) groups is 1. The highest BCUT2D eigenvalue weighted by Crippen LogP contribution is 2.27. The number of thioether (sulfide) groups is 1. The molecule has 0 aromatic heterocycles. The van der Waals surface area contributed by atoms with Gasteiger partial charge in [-0.25, -0.2) is 8.78 Å². The smallest absolute Gasteiger partial charge is 0.263 e. The van der Waals surface area contributed by atoms with Gasteiger partial charge >= 0.3 is 0 Å². The van der Waals surface area contributed by atoms with Gasteiger partial charge in [0, 0.05) is 16.0 Å². The van der Waals surface area contributed by atoms with Gasteiger partial charge in [0.2, 0.25) is 0 Å². The second-order valence-corrected chi connectivity index (χ2v) is 5.53. The molecule has 1 nitrogen and oxygen atoms in total. The third-order valence-corrected chi connectivity index (χ3v) is 3.19. The molecule has 0 N–H and O–H groups in total. The number of rotatable bonds is 4.